The van der Waals surface area contributed by atoms with Crippen molar-refractivity contribution in [2.24, 2.45) is 0 Å². The van der Waals surface area contributed by atoms with Crippen LogP contribution in [0, 0.1) is 0 Å². The van der Waals surface area contributed by atoms with Crippen LogP contribution in [-0.2, 0) is 6.42 Å². The Balaban J connectivity index is 0.00000288. The third-order valence-corrected chi connectivity index (χ3v) is 3.65. The molecule has 0 aromatic heterocycles. The Bertz CT molecular complexity index is 661. The fraction of sp³-hybridized carbons (Fsp3) is 0.316. The standard InChI is InChI=1S/C19H23NO3.ClH/c1-3-19(20-12-11-15-7-4-5-10-18(15)22)23-17-9-6-8-16(13-17)14(2)21;/h4-10,13,19-20,22H,3,11-12H2,1-2H3;1H. The van der Waals surface area contributed by atoms with Crippen LogP contribution in [0.1, 0.15) is 36.2 Å². The fourth-order valence-corrected chi connectivity index (χ4v) is 2.31. The first-order chi connectivity index (χ1) is 11.1. The van der Waals surface area contributed by atoms with Crippen molar-refractivity contribution in [1.82, 2.24) is 5.32 Å². The first kappa shape index (κ1) is 20.0. The molecular weight excluding hydrogens is 326 g/mol. The molecule has 0 aliphatic carbocycles. The number of Topliss-reactive ketones (excluding diaryl/α,β-unsaturated/α-hetero) is 1. The number of ether oxygens (including phenoxy) is 1. The largest absolute Gasteiger partial charge is 0.508 e. The number of para-hydroxylation sites is 1. The molecule has 0 saturated carbocycles. The maximum absolute atomic E-state index is 11.4. The predicted octanol–water partition coefficient (Wildman–Crippen LogP) is 3.96. The van der Waals surface area contributed by atoms with Crippen molar-refractivity contribution in [3.05, 3.63) is 59.7 Å². The third-order valence-electron chi connectivity index (χ3n) is 3.65. The number of benzene rings is 2. The Labute approximate surface area is 149 Å². The van der Waals surface area contributed by atoms with Crippen molar-refractivity contribution >= 4 is 18.2 Å². The zero-order valence-corrected chi connectivity index (χ0v) is 14.8. The summed E-state index contributed by atoms with van der Waals surface area (Å²) in [6.45, 7) is 4.27. The summed E-state index contributed by atoms with van der Waals surface area (Å²) in [6, 6.07) is 14.5. The zero-order chi connectivity index (χ0) is 16.7. The number of ketones is 1. The van der Waals surface area contributed by atoms with Crippen LogP contribution < -0.4 is 10.1 Å². The third kappa shape index (κ3) is 5.87. The Kier molecular flexibility index (Phi) is 8.30. The van der Waals surface area contributed by atoms with Crippen molar-refractivity contribution in [2.75, 3.05) is 6.54 Å². The molecule has 4 nitrogen and oxygen atoms in total. The molecule has 2 rings (SSSR count). The smallest absolute Gasteiger partial charge is 0.159 e. The molecule has 2 aromatic rings. The molecule has 0 spiro atoms. The molecule has 0 bridgehead atoms. The normalized spacial score (nSPS) is 11.4. The van der Waals surface area contributed by atoms with E-state index in [-0.39, 0.29) is 24.4 Å². The van der Waals surface area contributed by atoms with Gasteiger partial charge in [-0.25, -0.2) is 0 Å². The van der Waals surface area contributed by atoms with E-state index in [4.69, 9.17) is 4.74 Å². The van der Waals surface area contributed by atoms with E-state index in [0.717, 1.165) is 18.4 Å². The van der Waals surface area contributed by atoms with Gasteiger partial charge in [-0.05, 0) is 43.5 Å². The lowest BCUT2D eigenvalue weighted by Gasteiger charge is -2.19. The molecule has 0 aliphatic heterocycles. The number of aromatic hydroxyl groups is 1. The van der Waals surface area contributed by atoms with E-state index < -0.39 is 0 Å². The summed E-state index contributed by atoms with van der Waals surface area (Å²) in [5.41, 5.74) is 1.56. The van der Waals surface area contributed by atoms with Crippen molar-refractivity contribution in [3.63, 3.8) is 0 Å². The number of phenolic OH excluding ortho intramolecular Hbond substituents is 1. The Morgan fingerprint density at radius 2 is 1.96 bits per heavy atom. The Morgan fingerprint density at radius 1 is 1.21 bits per heavy atom. The molecule has 2 N–H and O–H groups in total. The van der Waals surface area contributed by atoms with Gasteiger partial charge >= 0.3 is 0 Å². The summed E-state index contributed by atoms with van der Waals surface area (Å²) >= 11 is 0. The van der Waals surface area contributed by atoms with E-state index in [0.29, 0.717) is 23.6 Å². The summed E-state index contributed by atoms with van der Waals surface area (Å²) in [4.78, 5) is 11.4. The van der Waals surface area contributed by atoms with E-state index >= 15 is 0 Å². The van der Waals surface area contributed by atoms with Crippen LogP contribution in [0.5, 0.6) is 11.5 Å². The monoisotopic (exact) mass is 349 g/mol. The van der Waals surface area contributed by atoms with Crippen molar-refractivity contribution in [1.29, 1.82) is 0 Å². The number of carbonyl (C=O) groups is 1. The number of phenols is 1. The van der Waals surface area contributed by atoms with Crippen LogP contribution >= 0.6 is 12.4 Å². The number of hydrogen-bond donors (Lipinski definition) is 2. The topological polar surface area (TPSA) is 58.6 Å². The van der Waals surface area contributed by atoms with Crippen molar-refractivity contribution < 1.29 is 14.6 Å². The van der Waals surface area contributed by atoms with E-state index in [1.54, 1.807) is 25.1 Å². The van der Waals surface area contributed by atoms with Gasteiger partial charge in [-0.1, -0.05) is 37.3 Å². The van der Waals surface area contributed by atoms with Gasteiger partial charge in [-0.15, -0.1) is 12.4 Å². The van der Waals surface area contributed by atoms with E-state index in [1.807, 2.05) is 37.3 Å². The van der Waals surface area contributed by atoms with Gasteiger partial charge in [-0.3, -0.25) is 10.1 Å². The molecule has 24 heavy (non-hydrogen) atoms. The van der Waals surface area contributed by atoms with Gasteiger partial charge in [0.1, 0.15) is 17.7 Å². The summed E-state index contributed by atoms with van der Waals surface area (Å²) in [5.74, 6) is 1.02. The number of halogens is 1. The highest BCUT2D eigenvalue weighted by Gasteiger charge is 2.09. The molecule has 0 amide bonds. The van der Waals surface area contributed by atoms with Crippen LogP contribution in [0.25, 0.3) is 0 Å². The van der Waals surface area contributed by atoms with Gasteiger partial charge in [0.25, 0.3) is 0 Å². The predicted molar refractivity (Wildman–Crippen MR) is 98.2 cm³/mol. The number of nitrogens with one attached hydrogen (secondary N) is 1. The minimum Gasteiger partial charge on any atom is -0.508 e. The zero-order valence-electron chi connectivity index (χ0n) is 14.0. The van der Waals surface area contributed by atoms with Crippen molar-refractivity contribution in [3.8, 4) is 11.5 Å². The van der Waals surface area contributed by atoms with Crippen LogP contribution in [0.2, 0.25) is 0 Å². The maximum atomic E-state index is 11.4. The second kappa shape index (κ2) is 9.96. The molecule has 0 aliphatic rings. The highest BCUT2D eigenvalue weighted by molar-refractivity contribution is 5.94. The average molecular weight is 350 g/mol. The van der Waals surface area contributed by atoms with Gasteiger partial charge < -0.3 is 9.84 Å². The second-order valence-electron chi connectivity index (χ2n) is 5.43. The van der Waals surface area contributed by atoms with Gasteiger partial charge in [0.15, 0.2) is 5.78 Å². The van der Waals surface area contributed by atoms with E-state index in [9.17, 15) is 9.90 Å². The minimum absolute atomic E-state index is 0. The van der Waals surface area contributed by atoms with Gasteiger partial charge in [-0.2, -0.15) is 0 Å². The first-order valence-electron chi connectivity index (χ1n) is 7.88. The Hall–Kier alpha value is -2.04. The Morgan fingerprint density at radius 3 is 2.62 bits per heavy atom. The lowest BCUT2D eigenvalue weighted by atomic mass is 10.1. The molecule has 0 fully saturated rings. The van der Waals surface area contributed by atoms with Gasteiger partial charge in [0.2, 0.25) is 0 Å². The quantitative estimate of drug-likeness (QED) is 0.559. The summed E-state index contributed by atoms with van der Waals surface area (Å²) in [5, 5.41) is 13.1. The molecule has 5 heteroatoms. The number of carbonyl (C=O) groups excluding carboxylic acids is 1. The van der Waals surface area contributed by atoms with Crippen molar-refractivity contribution in [2.45, 2.75) is 32.9 Å². The second-order valence-corrected chi connectivity index (χ2v) is 5.43. The molecule has 1 atom stereocenters. The van der Waals surface area contributed by atoms with Crippen LogP contribution in [-0.4, -0.2) is 23.7 Å². The average Bonchev–Trinajstić information content (AvgIpc) is 2.56. The number of hydrogen-bond acceptors (Lipinski definition) is 4. The highest BCUT2D eigenvalue weighted by atomic mass is 35.5. The lowest BCUT2D eigenvalue weighted by Crippen LogP contribution is -2.35. The van der Waals surface area contributed by atoms with Crippen LogP contribution in [0.4, 0.5) is 0 Å². The lowest BCUT2D eigenvalue weighted by molar-refractivity contribution is 0.101. The maximum Gasteiger partial charge on any atom is 0.159 e. The number of rotatable bonds is 8. The molecule has 2 aromatic carbocycles. The summed E-state index contributed by atoms with van der Waals surface area (Å²) in [6.07, 6.45) is 1.38. The molecular formula is C19H24ClNO3. The molecule has 0 saturated heterocycles. The summed E-state index contributed by atoms with van der Waals surface area (Å²) < 4.78 is 5.90. The molecule has 130 valence electrons. The highest BCUT2D eigenvalue weighted by Crippen LogP contribution is 2.17. The minimum atomic E-state index is -0.136. The first-order valence-corrected chi connectivity index (χ1v) is 7.88. The van der Waals surface area contributed by atoms with Gasteiger partial charge in [0.05, 0.1) is 0 Å². The summed E-state index contributed by atoms with van der Waals surface area (Å²) in [7, 11) is 0. The van der Waals surface area contributed by atoms with Gasteiger partial charge in [0, 0.05) is 12.1 Å². The van der Waals surface area contributed by atoms with Crippen LogP contribution in [0.3, 0.4) is 0 Å². The SMILES string of the molecule is CCC(NCCc1ccccc1O)Oc1cccc(C(C)=O)c1.Cl. The van der Waals surface area contributed by atoms with Crippen LogP contribution in [0.15, 0.2) is 48.5 Å². The molecule has 0 radical (unpaired) electrons. The van der Waals surface area contributed by atoms with E-state index in [2.05, 4.69) is 5.32 Å². The fourth-order valence-electron chi connectivity index (χ4n) is 2.31. The molecule has 0 heterocycles. The van der Waals surface area contributed by atoms with E-state index in [1.165, 1.54) is 0 Å². The molecule has 1 unspecified atom stereocenters.